The predicted molar refractivity (Wildman–Crippen MR) is 122 cm³/mol. The Hall–Kier alpha value is -2.99. The van der Waals surface area contributed by atoms with Crippen molar-refractivity contribution in [2.45, 2.75) is 26.3 Å². The minimum atomic E-state index is -0.0346. The molecular weight excluding hydrogens is 390 g/mol. The molecule has 1 N–H and O–H groups in total. The van der Waals surface area contributed by atoms with E-state index in [1.165, 1.54) is 0 Å². The number of nitrogens with one attached hydrogen (secondary N) is 1. The molecule has 1 aromatic rings. The third-order valence-corrected chi connectivity index (χ3v) is 6.14. The van der Waals surface area contributed by atoms with E-state index in [0.29, 0.717) is 17.5 Å². The summed E-state index contributed by atoms with van der Waals surface area (Å²) in [4.78, 5) is 17.5. The molecule has 2 unspecified atom stereocenters. The van der Waals surface area contributed by atoms with Crippen LogP contribution >= 0.6 is 0 Å². The summed E-state index contributed by atoms with van der Waals surface area (Å²) in [5.74, 6) is 1.50. The van der Waals surface area contributed by atoms with Gasteiger partial charge in [0.1, 0.15) is 0 Å². The van der Waals surface area contributed by atoms with Gasteiger partial charge in [-0.2, -0.15) is 0 Å². The quantitative estimate of drug-likeness (QED) is 0.806. The predicted octanol–water partition coefficient (Wildman–Crippen LogP) is 3.54. The summed E-state index contributed by atoms with van der Waals surface area (Å²) in [5, 5.41) is 3.47. The first-order valence-electron chi connectivity index (χ1n) is 10.9. The van der Waals surface area contributed by atoms with E-state index >= 15 is 0 Å². The number of amides is 1. The number of carbonyl (C=O) groups excluding carboxylic acids is 1. The number of hydrogen-bond acceptors (Lipinski definition) is 5. The van der Waals surface area contributed by atoms with Crippen molar-refractivity contribution in [1.82, 2.24) is 15.1 Å². The van der Waals surface area contributed by atoms with Gasteiger partial charge in [-0.05, 0) is 54.7 Å². The highest BCUT2D eigenvalue weighted by Gasteiger charge is 2.25. The molecule has 0 radical (unpaired) electrons. The number of methoxy groups -OCH3 is 2. The lowest BCUT2D eigenvalue weighted by Crippen LogP contribution is -2.48. The first kappa shape index (κ1) is 21.2. The molecule has 6 heteroatoms. The maximum absolute atomic E-state index is 13.3. The molecule has 6 nitrogen and oxygen atoms in total. The van der Waals surface area contributed by atoms with Crippen LogP contribution in [0, 0.1) is 5.92 Å². The van der Waals surface area contributed by atoms with Gasteiger partial charge in [-0.3, -0.25) is 9.69 Å². The molecule has 164 valence electrons. The minimum Gasteiger partial charge on any atom is -0.493 e. The highest BCUT2D eigenvalue weighted by atomic mass is 16.5. The number of rotatable bonds is 4. The van der Waals surface area contributed by atoms with E-state index < -0.39 is 0 Å². The highest BCUT2D eigenvalue weighted by Crippen LogP contribution is 2.36. The Bertz CT molecular complexity index is 976. The van der Waals surface area contributed by atoms with Gasteiger partial charge in [-0.15, -0.1) is 0 Å². The molecular formula is C25H31N3O3. The maximum atomic E-state index is 13.3. The summed E-state index contributed by atoms with van der Waals surface area (Å²) in [6.45, 7) is 7.15. The number of benzene rings is 1. The van der Waals surface area contributed by atoms with Crippen LogP contribution in [0.25, 0.3) is 5.57 Å². The van der Waals surface area contributed by atoms with E-state index in [0.717, 1.165) is 48.6 Å². The molecule has 3 aliphatic rings. The van der Waals surface area contributed by atoms with Gasteiger partial charge in [0.15, 0.2) is 11.5 Å². The van der Waals surface area contributed by atoms with Crippen LogP contribution in [0.2, 0.25) is 0 Å². The van der Waals surface area contributed by atoms with Crippen LogP contribution in [0.15, 0.2) is 60.1 Å². The van der Waals surface area contributed by atoms with Gasteiger partial charge in [0.25, 0.3) is 5.91 Å². The van der Waals surface area contributed by atoms with E-state index in [2.05, 4.69) is 42.3 Å². The molecule has 0 bridgehead atoms. The maximum Gasteiger partial charge on any atom is 0.255 e. The topological polar surface area (TPSA) is 54.0 Å². The van der Waals surface area contributed by atoms with Crippen molar-refractivity contribution in [2.24, 2.45) is 5.92 Å². The van der Waals surface area contributed by atoms with Crippen LogP contribution in [-0.4, -0.2) is 55.6 Å². The second-order valence-corrected chi connectivity index (χ2v) is 8.33. The van der Waals surface area contributed by atoms with E-state index in [-0.39, 0.29) is 11.8 Å². The smallest absolute Gasteiger partial charge is 0.255 e. The fourth-order valence-electron chi connectivity index (χ4n) is 4.36. The molecule has 0 spiro atoms. The Morgan fingerprint density at radius 1 is 1.06 bits per heavy atom. The fraction of sp³-hybridized carbons (Fsp3) is 0.400. The summed E-state index contributed by atoms with van der Waals surface area (Å²) in [6.07, 6.45) is 10.9. The van der Waals surface area contributed by atoms with Crippen molar-refractivity contribution < 1.29 is 14.3 Å². The number of ether oxygens (including phenoxy) is 2. The van der Waals surface area contributed by atoms with Crippen LogP contribution in [0.3, 0.4) is 0 Å². The molecule has 2 atom stereocenters. The zero-order chi connectivity index (χ0) is 22.0. The number of hydrogen-bond donors (Lipinski definition) is 1. The Morgan fingerprint density at radius 2 is 1.84 bits per heavy atom. The lowest BCUT2D eigenvalue weighted by atomic mass is 9.89. The number of nitrogens with zero attached hydrogens (tertiary/aromatic N) is 2. The van der Waals surface area contributed by atoms with Crippen molar-refractivity contribution in [1.29, 1.82) is 0 Å². The first-order valence-corrected chi connectivity index (χ1v) is 10.9. The fourth-order valence-corrected chi connectivity index (χ4v) is 4.36. The summed E-state index contributed by atoms with van der Waals surface area (Å²) < 4.78 is 10.8. The van der Waals surface area contributed by atoms with Gasteiger partial charge in [0.2, 0.25) is 0 Å². The minimum absolute atomic E-state index is 0.0346. The molecule has 4 rings (SSSR count). The summed E-state index contributed by atoms with van der Waals surface area (Å²) in [7, 11) is 3.25. The Balaban J connectivity index is 1.65. The second kappa shape index (κ2) is 9.02. The molecule has 31 heavy (non-hydrogen) atoms. The van der Waals surface area contributed by atoms with Gasteiger partial charge in [0, 0.05) is 43.6 Å². The van der Waals surface area contributed by atoms with Crippen LogP contribution in [0.1, 0.15) is 25.8 Å². The SMILES string of the molecule is COc1ccc(C2=CC(=O)N3C=C(N4CCNC(C)C4)C=CC3=CCC2C)cc1OC. The number of piperazine rings is 1. The van der Waals surface area contributed by atoms with Crippen LogP contribution in [0.5, 0.6) is 11.5 Å². The van der Waals surface area contributed by atoms with Crippen molar-refractivity contribution in [3.05, 3.63) is 65.7 Å². The average Bonchev–Trinajstić information content (AvgIpc) is 2.79. The lowest BCUT2D eigenvalue weighted by molar-refractivity contribution is -0.122. The van der Waals surface area contributed by atoms with Gasteiger partial charge in [-0.1, -0.05) is 19.1 Å². The van der Waals surface area contributed by atoms with Crippen LogP contribution in [0.4, 0.5) is 0 Å². The first-order chi connectivity index (χ1) is 15.0. The average molecular weight is 422 g/mol. The van der Waals surface area contributed by atoms with E-state index in [9.17, 15) is 4.79 Å². The molecule has 0 saturated carbocycles. The van der Waals surface area contributed by atoms with Gasteiger partial charge < -0.3 is 19.7 Å². The molecule has 0 aromatic heterocycles. The Labute approximate surface area is 184 Å². The van der Waals surface area contributed by atoms with E-state index in [1.54, 1.807) is 25.2 Å². The largest absolute Gasteiger partial charge is 0.493 e. The second-order valence-electron chi connectivity index (χ2n) is 8.33. The monoisotopic (exact) mass is 421 g/mol. The van der Waals surface area contributed by atoms with Gasteiger partial charge in [0.05, 0.1) is 19.9 Å². The molecule has 1 amide bonds. The normalized spacial score (nSPS) is 23.9. The zero-order valence-electron chi connectivity index (χ0n) is 18.7. The Morgan fingerprint density at radius 3 is 2.58 bits per heavy atom. The van der Waals surface area contributed by atoms with E-state index in [1.807, 2.05) is 24.4 Å². The summed E-state index contributed by atoms with van der Waals surface area (Å²) in [5.41, 5.74) is 3.99. The van der Waals surface area contributed by atoms with E-state index in [4.69, 9.17) is 9.47 Å². The highest BCUT2D eigenvalue weighted by molar-refractivity contribution is 5.98. The third kappa shape index (κ3) is 4.39. The molecule has 1 saturated heterocycles. The third-order valence-electron chi connectivity index (χ3n) is 6.14. The van der Waals surface area contributed by atoms with Crippen LogP contribution in [-0.2, 0) is 4.79 Å². The van der Waals surface area contributed by atoms with Crippen LogP contribution < -0.4 is 14.8 Å². The van der Waals surface area contributed by atoms with Crippen molar-refractivity contribution in [3.63, 3.8) is 0 Å². The van der Waals surface area contributed by atoms with Gasteiger partial charge >= 0.3 is 0 Å². The Kier molecular flexibility index (Phi) is 6.18. The van der Waals surface area contributed by atoms with Crippen molar-refractivity contribution >= 4 is 11.5 Å². The molecule has 1 aromatic carbocycles. The molecule has 3 aliphatic heterocycles. The van der Waals surface area contributed by atoms with Crippen molar-refractivity contribution in [3.8, 4) is 11.5 Å². The summed E-state index contributed by atoms with van der Waals surface area (Å²) in [6, 6.07) is 6.25. The number of carbonyl (C=O) groups is 1. The molecule has 3 heterocycles. The number of allylic oxidation sites excluding steroid dienone is 4. The molecule has 1 fully saturated rings. The van der Waals surface area contributed by atoms with Gasteiger partial charge in [-0.25, -0.2) is 0 Å². The summed E-state index contributed by atoms with van der Waals surface area (Å²) >= 11 is 0. The standard InChI is InChI=1S/C25H31N3O3/c1-17-5-7-20-8-9-21(27-12-11-26-18(2)15-27)16-28(20)25(29)14-22(17)19-6-10-23(30-3)24(13-19)31-4/h6-10,13-14,16-18,26H,5,11-12,15H2,1-4H3. The van der Waals surface area contributed by atoms with Crippen molar-refractivity contribution in [2.75, 3.05) is 33.9 Å². The lowest BCUT2D eigenvalue weighted by Gasteiger charge is -2.36. The zero-order valence-corrected chi connectivity index (χ0v) is 18.7. The molecule has 0 aliphatic carbocycles. The number of fused-ring (bicyclic) bond motifs is 1.